The van der Waals surface area contributed by atoms with Crippen LogP contribution in [-0.4, -0.2) is 23.9 Å². The summed E-state index contributed by atoms with van der Waals surface area (Å²) in [7, 11) is 1.44. The molecule has 1 heterocycles. The largest absolute Gasteiger partial charge is 0.495 e. The van der Waals surface area contributed by atoms with E-state index in [1.54, 1.807) is 24.3 Å². The molecule has 0 fully saturated rings. The number of carbonyl (C=O) groups is 2. The lowest BCUT2D eigenvalue weighted by molar-refractivity contribution is 0.101. The van der Waals surface area contributed by atoms with Crippen molar-refractivity contribution in [2.45, 2.75) is 6.92 Å². The molecule has 0 saturated heterocycles. The SMILES string of the molecule is COc1ccc(NC(=O)c2cc(C)nc3ccccc23)cc1NC(=O)c1ccc(Cl)cc1F. The molecular formula is C25H19ClFN3O3. The fraction of sp³-hybridized carbons (Fsp3) is 0.0800. The number of rotatable bonds is 5. The van der Waals surface area contributed by atoms with Gasteiger partial charge >= 0.3 is 0 Å². The molecule has 6 nitrogen and oxygen atoms in total. The number of nitrogens with one attached hydrogen (secondary N) is 2. The van der Waals surface area contributed by atoms with Crippen LogP contribution in [0.1, 0.15) is 26.4 Å². The fourth-order valence-corrected chi connectivity index (χ4v) is 3.60. The van der Waals surface area contributed by atoms with E-state index in [2.05, 4.69) is 15.6 Å². The van der Waals surface area contributed by atoms with Crippen molar-refractivity contribution in [2.75, 3.05) is 17.7 Å². The molecule has 3 aromatic carbocycles. The van der Waals surface area contributed by atoms with E-state index in [9.17, 15) is 14.0 Å². The van der Waals surface area contributed by atoms with Gasteiger partial charge in [-0.1, -0.05) is 29.8 Å². The average molecular weight is 464 g/mol. The summed E-state index contributed by atoms with van der Waals surface area (Å²) in [6.45, 7) is 1.82. The first-order valence-corrected chi connectivity index (χ1v) is 10.4. The van der Waals surface area contributed by atoms with Crippen molar-refractivity contribution >= 4 is 45.7 Å². The Labute approximate surface area is 194 Å². The molecule has 0 spiro atoms. The van der Waals surface area contributed by atoms with Gasteiger partial charge in [0.25, 0.3) is 11.8 Å². The van der Waals surface area contributed by atoms with Crippen LogP contribution >= 0.6 is 11.6 Å². The lowest BCUT2D eigenvalue weighted by Crippen LogP contribution is -2.16. The number of benzene rings is 3. The summed E-state index contributed by atoms with van der Waals surface area (Å²) < 4.78 is 19.4. The highest BCUT2D eigenvalue weighted by Crippen LogP contribution is 2.29. The highest BCUT2D eigenvalue weighted by Gasteiger charge is 2.17. The molecule has 33 heavy (non-hydrogen) atoms. The van der Waals surface area contributed by atoms with Crippen LogP contribution in [0.15, 0.2) is 66.7 Å². The first-order valence-electron chi connectivity index (χ1n) is 9.98. The number of ether oxygens (including phenoxy) is 1. The van der Waals surface area contributed by atoms with Gasteiger partial charge in [-0.25, -0.2) is 4.39 Å². The third-order valence-electron chi connectivity index (χ3n) is 4.97. The maximum atomic E-state index is 14.1. The summed E-state index contributed by atoms with van der Waals surface area (Å²) in [5.74, 6) is -1.41. The van der Waals surface area contributed by atoms with Gasteiger partial charge < -0.3 is 15.4 Å². The molecule has 0 atom stereocenters. The number of hydrogen-bond donors (Lipinski definition) is 2. The molecule has 0 aliphatic rings. The zero-order valence-electron chi connectivity index (χ0n) is 17.8. The fourth-order valence-electron chi connectivity index (χ4n) is 3.44. The van der Waals surface area contributed by atoms with E-state index in [0.717, 1.165) is 17.0 Å². The second kappa shape index (κ2) is 9.26. The molecule has 0 radical (unpaired) electrons. The third kappa shape index (κ3) is 4.78. The van der Waals surface area contributed by atoms with Gasteiger partial charge in [0.05, 0.1) is 29.4 Å². The number of nitrogens with zero attached hydrogens (tertiary/aromatic N) is 1. The Hall–Kier alpha value is -3.97. The highest BCUT2D eigenvalue weighted by atomic mass is 35.5. The van der Waals surface area contributed by atoms with Crippen LogP contribution in [0.5, 0.6) is 5.75 Å². The summed E-state index contributed by atoms with van der Waals surface area (Å²) in [4.78, 5) is 30.1. The number of para-hydroxylation sites is 1. The number of anilines is 2. The Balaban J connectivity index is 1.62. The van der Waals surface area contributed by atoms with Gasteiger partial charge in [0.1, 0.15) is 11.6 Å². The average Bonchev–Trinajstić information content (AvgIpc) is 2.78. The number of halogens is 2. The van der Waals surface area contributed by atoms with Crippen LogP contribution in [0.25, 0.3) is 10.9 Å². The van der Waals surface area contributed by atoms with Crippen LogP contribution in [-0.2, 0) is 0 Å². The van der Waals surface area contributed by atoms with E-state index in [4.69, 9.17) is 16.3 Å². The summed E-state index contributed by atoms with van der Waals surface area (Å²) >= 11 is 5.76. The monoisotopic (exact) mass is 463 g/mol. The van der Waals surface area contributed by atoms with Crippen molar-refractivity contribution in [3.63, 3.8) is 0 Å². The van der Waals surface area contributed by atoms with Crippen molar-refractivity contribution in [3.8, 4) is 5.75 Å². The van der Waals surface area contributed by atoms with Crippen LogP contribution in [0.4, 0.5) is 15.8 Å². The van der Waals surface area contributed by atoms with E-state index < -0.39 is 11.7 Å². The predicted molar refractivity (Wildman–Crippen MR) is 127 cm³/mol. The normalized spacial score (nSPS) is 10.7. The van der Waals surface area contributed by atoms with E-state index in [0.29, 0.717) is 22.7 Å². The molecule has 1 aromatic heterocycles. The highest BCUT2D eigenvalue weighted by molar-refractivity contribution is 6.30. The number of carbonyl (C=O) groups excluding carboxylic acids is 2. The zero-order valence-corrected chi connectivity index (χ0v) is 18.5. The van der Waals surface area contributed by atoms with Gasteiger partial charge in [0, 0.05) is 21.8 Å². The first kappa shape index (κ1) is 22.2. The molecule has 8 heteroatoms. The molecule has 4 rings (SSSR count). The first-order chi connectivity index (χ1) is 15.9. The minimum absolute atomic E-state index is 0.172. The smallest absolute Gasteiger partial charge is 0.258 e. The topological polar surface area (TPSA) is 80.3 Å². The summed E-state index contributed by atoms with van der Waals surface area (Å²) in [5, 5.41) is 6.37. The number of hydrogen-bond acceptors (Lipinski definition) is 4. The van der Waals surface area contributed by atoms with Gasteiger partial charge in [-0.15, -0.1) is 0 Å². The molecule has 0 unspecified atom stereocenters. The maximum absolute atomic E-state index is 14.1. The van der Waals surface area contributed by atoms with E-state index >= 15 is 0 Å². The molecule has 166 valence electrons. The van der Waals surface area contributed by atoms with Crippen molar-refractivity contribution < 1.29 is 18.7 Å². The number of pyridine rings is 1. The molecule has 4 aromatic rings. The van der Waals surface area contributed by atoms with Crippen molar-refractivity contribution in [1.82, 2.24) is 4.98 Å². The van der Waals surface area contributed by atoms with Crippen molar-refractivity contribution in [3.05, 3.63) is 94.4 Å². The predicted octanol–water partition coefficient (Wildman–Crippen LogP) is 5.85. The number of aromatic nitrogens is 1. The Kier molecular flexibility index (Phi) is 6.24. The number of methoxy groups -OCH3 is 1. The lowest BCUT2D eigenvalue weighted by Gasteiger charge is -2.14. The van der Waals surface area contributed by atoms with Crippen LogP contribution in [0.3, 0.4) is 0 Å². The van der Waals surface area contributed by atoms with E-state index in [-0.39, 0.29) is 22.2 Å². The number of fused-ring (bicyclic) bond motifs is 1. The van der Waals surface area contributed by atoms with Gasteiger partial charge in [-0.2, -0.15) is 0 Å². The van der Waals surface area contributed by atoms with E-state index in [1.165, 1.54) is 19.2 Å². The maximum Gasteiger partial charge on any atom is 0.258 e. The number of amides is 2. The van der Waals surface area contributed by atoms with Crippen LogP contribution in [0, 0.1) is 12.7 Å². The lowest BCUT2D eigenvalue weighted by atomic mass is 10.1. The molecule has 0 aliphatic carbocycles. The Morgan fingerprint density at radius 2 is 1.70 bits per heavy atom. The van der Waals surface area contributed by atoms with Crippen LogP contribution < -0.4 is 15.4 Å². The molecule has 0 saturated carbocycles. The van der Waals surface area contributed by atoms with Gasteiger partial charge in [0.2, 0.25) is 0 Å². The second-order valence-corrected chi connectivity index (χ2v) is 7.71. The molecule has 2 amide bonds. The zero-order chi connectivity index (χ0) is 23.5. The molecule has 2 N–H and O–H groups in total. The van der Waals surface area contributed by atoms with Gasteiger partial charge in [-0.3, -0.25) is 14.6 Å². The minimum atomic E-state index is -0.747. The van der Waals surface area contributed by atoms with Crippen molar-refractivity contribution in [1.29, 1.82) is 0 Å². The quantitative estimate of drug-likeness (QED) is 0.389. The Morgan fingerprint density at radius 1 is 0.939 bits per heavy atom. The molecular weight excluding hydrogens is 445 g/mol. The van der Waals surface area contributed by atoms with Crippen molar-refractivity contribution in [2.24, 2.45) is 0 Å². The second-order valence-electron chi connectivity index (χ2n) is 7.28. The molecule has 0 bridgehead atoms. The summed E-state index contributed by atoms with van der Waals surface area (Å²) in [6, 6.07) is 17.6. The van der Waals surface area contributed by atoms with E-state index in [1.807, 2.05) is 31.2 Å². The summed E-state index contributed by atoms with van der Waals surface area (Å²) in [5.41, 5.74) is 2.43. The summed E-state index contributed by atoms with van der Waals surface area (Å²) in [6.07, 6.45) is 0. The Bertz CT molecular complexity index is 1390. The Morgan fingerprint density at radius 3 is 2.45 bits per heavy atom. The third-order valence-corrected chi connectivity index (χ3v) is 5.21. The number of aryl methyl sites for hydroxylation is 1. The van der Waals surface area contributed by atoms with Gasteiger partial charge in [-0.05, 0) is 55.5 Å². The van der Waals surface area contributed by atoms with Crippen LogP contribution in [0.2, 0.25) is 5.02 Å². The standard InChI is InChI=1S/C25H19ClFN3O3/c1-14-11-19(17-5-3-4-6-21(17)28-14)25(32)29-16-8-10-23(33-2)22(13-16)30-24(31)18-9-7-15(26)12-20(18)27/h3-13H,1-2H3,(H,29,32)(H,30,31). The molecule has 0 aliphatic heterocycles. The van der Waals surface area contributed by atoms with Gasteiger partial charge in [0.15, 0.2) is 0 Å². The minimum Gasteiger partial charge on any atom is -0.495 e.